The summed E-state index contributed by atoms with van der Waals surface area (Å²) in [6.45, 7) is 0.315. The van der Waals surface area contributed by atoms with Crippen molar-refractivity contribution in [2.75, 3.05) is 12.8 Å². The van der Waals surface area contributed by atoms with Crippen LogP contribution in [-0.4, -0.2) is 35.9 Å². The molecule has 0 aromatic heterocycles. The first-order valence-electron chi connectivity index (χ1n) is 12.2. The minimum atomic E-state index is -1.80. The lowest BCUT2D eigenvalue weighted by molar-refractivity contribution is -0.145. The average Bonchev–Trinajstić information content (AvgIpc) is 2.90. The van der Waals surface area contributed by atoms with Crippen molar-refractivity contribution in [1.29, 1.82) is 0 Å². The van der Waals surface area contributed by atoms with E-state index >= 15 is 0 Å². The molecular weight excluding hydrogens is 537 g/mol. The van der Waals surface area contributed by atoms with Crippen molar-refractivity contribution in [2.24, 2.45) is 5.73 Å². The summed E-state index contributed by atoms with van der Waals surface area (Å²) in [5.41, 5.74) is 5.71. The molecule has 0 aliphatic carbocycles. The molecule has 0 heterocycles. The zero-order chi connectivity index (χ0) is 24.9. The minimum Gasteiger partial charge on any atom is -1.00 e. The standard InChI is InChI=1S/C29H34NO4P.BrH/c30-27(20-21-28(31)32)29(33)34-22-12-1-2-13-23-35(24-14-6-3-7-15-24,25-16-8-4-9-17-25)26-18-10-5-11-19-26;/h3-11,14-19,27H,1-2,12-13,20-23,30H2;1H. The van der Waals surface area contributed by atoms with E-state index in [1.165, 1.54) is 15.9 Å². The summed E-state index contributed by atoms with van der Waals surface area (Å²) in [6, 6.07) is 31.7. The molecule has 7 heteroatoms. The Kier molecular flexibility index (Phi) is 12.8. The molecular formula is C29H35BrNO4P. The highest BCUT2D eigenvalue weighted by Gasteiger charge is 2.44. The number of carboxylic acids is 1. The second-order valence-electron chi connectivity index (χ2n) is 8.66. The molecule has 3 rings (SSSR count). The van der Waals surface area contributed by atoms with Gasteiger partial charge in [-0.25, -0.2) is 0 Å². The van der Waals surface area contributed by atoms with Gasteiger partial charge in [-0.1, -0.05) is 54.6 Å². The summed E-state index contributed by atoms with van der Waals surface area (Å²) in [5, 5.41) is 12.9. The average molecular weight is 572 g/mol. The van der Waals surface area contributed by atoms with Crippen molar-refractivity contribution in [3.63, 3.8) is 0 Å². The Labute approximate surface area is 225 Å². The normalized spacial score (nSPS) is 11.8. The van der Waals surface area contributed by atoms with Crippen LogP contribution in [0.25, 0.3) is 0 Å². The molecule has 192 valence electrons. The summed E-state index contributed by atoms with van der Waals surface area (Å²) < 4.78 is 5.24. The molecule has 3 aromatic carbocycles. The number of rotatable bonds is 14. The summed E-state index contributed by atoms with van der Waals surface area (Å²) in [6.07, 6.45) is 4.87. The van der Waals surface area contributed by atoms with Crippen LogP contribution in [0.5, 0.6) is 0 Å². The highest BCUT2D eigenvalue weighted by atomic mass is 79.9. The van der Waals surface area contributed by atoms with Gasteiger partial charge in [0.05, 0.1) is 12.8 Å². The third-order valence-corrected chi connectivity index (χ3v) is 10.7. The number of carboxylic acid groups (broad SMARTS) is 1. The number of ether oxygens (including phenoxy) is 1. The molecule has 0 fully saturated rings. The fraction of sp³-hybridized carbons (Fsp3) is 0.310. The smallest absolute Gasteiger partial charge is 0.322 e. The van der Waals surface area contributed by atoms with Crippen molar-refractivity contribution in [1.82, 2.24) is 0 Å². The summed E-state index contributed by atoms with van der Waals surface area (Å²) in [5.74, 6) is -1.48. The highest BCUT2D eigenvalue weighted by Crippen LogP contribution is 2.55. The molecule has 5 nitrogen and oxygen atoms in total. The lowest BCUT2D eigenvalue weighted by Crippen LogP contribution is -3.00. The van der Waals surface area contributed by atoms with Crippen LogP contribution in [0.2, 0.25) is 0 Å². The first kappa shape index (κ1) is 29.7. The van der Waals surface area contributed by atoms with Crippen molar-refractivity contribution >= 4 is 35.1 Å². The van der Waals surface area contributed by atoms with Gasteiger partial charge in [-0.05, 0) is 68.5 Å². The highest BCUT2D eigenvalue weighted by molar-refractivity contribution is 7.95. The number of esters is 1. The molecule has 1 unspecified atom stereocenters. The number of nitrogens with two attached hydrogens (primary N) is 1. The Morgan fingerprint density at radius 2 is 1.19 bits per heavy atom. The van der Waals surface area contributed by atoms with Crippen LogP contribution in [0, 0.1) is 0 Å². The predicted octanol–water partition coefficient (Wildman–Crippen LogP) is 1.28. The van der Waals surface area contributed by atoms with Gasteiger partial charge in [0, 0.05) is 6.42 Å². The van der Waals surface area contributed by atoms with E-state index in [2.05, 4.69) is 91.0 Å². The maximum Gasteiger partial charge on any atom is 0.322 e. The van der Waals surface area contributed by atoms with E-state index in [1.54, 1.807) is 0 Å². The maximum atomic E-state index is 11.9. The van der Waals surface area contributed by atoms with E-state index < -0.39 is 25.2 Å². The SMILES string of the molecule is NC(CCC(=O)O)C(=O)OCCCCCC[P+](c1ccccc1)(c1ccccc1)c1ccccc1.[Br-]. The molecule has 36 heavy (non-hydrogen) atoms. The van der Waals surface area contributed by atoms with Crippen LogP contribution >= 0.6 is 7.26 Å². The number of hydrogen-bond acceptors (Lipinski definition) is 4. The van der Waals surface area contributed by atoms with Gasteiger partial charge in [-0.15, -0.1) is 0 Å². The van der Waals surface area contributed by atoms with Crippen LogP contribution in [0.15, 0.2) is 91.0 Å². The number of carbonyl (C=O) groups excluding carboxylic acids is 1. The van der Waals surface area contributed by atoms with Crippen molar-refractivity contribution < 1.29 is 36.4 Å². The largest absolute Gasteiger partial charge is 1.00 e. The van der Waals surface area contributed by atoms with Crippen LogP contribution in [0.1, 0.15) is 38.5 Å². The predicted molar refractivity (Wildman–Crippen MR) is 144 cm³/mol. The molecule has 0 saturated carbocycles. The minimum absolute atomic E-state index is 0. The summed E-state index contributed by atoms with van der Waals surface area (Å²) in [4.78, 5) is 22.5. The number of halogens is 1. The van der Waals surface area contributed by atoms with Crippen LogP contribution < -0.4 is 38.6 Å². The van der Waals surface area contributed by atoms with Gasteiger partial charge < -0.3 is 32.6 Å². The zero-order valence-corrected chi connectivity index (χ0v) is 22.9. The van der Waals surface area contributed by atoms with Crippen LogP contribution in [-0.2, 0) is 14.3 Å². The summed E-state index contributed by atoms with van der Waals surface area (Å²) >= 11 is 0. The first-order chi connectivity index (χ1) is 17.0. The molecule has 0 aliphatic rings. The molecule has 1 atom stereocenters. The second kappa shape index (κ2) is 15.6. The van der Waals surface area contributed by atoms with E-state index in [9.17, 15) is 9.59 Å². The number of aliphatic carboxylic acids is 1. The quantitative estimate of drug-likeness (QED) is 0.173. The fourth-order valence-corrected chi connectivity index (χ4v) is 8.77. The Morgan fingerprint density at radius 1 is 0.750 bits per heavy atom. The first-order valence-corrected chi connectivity index (χ1v) is 14.2. The van der Waals surface area contributed by atoms with Gasteiger partial charge >= 0.3 is 11.9 Å². The van der Waals surface area contributed by atoms with Crippen molar-refractivity contribution in [3.8, 4) is 0 Å². The molecule has 0 saturated heterocycles. The maximum absolute atomic E-state index is 11.9. The molecule has 3 aromatic rings. The number of carbonyl (C=O) groups is 2. The van der Waals surface area contributed by atoms with Gasteiger partial charge in [0.1, 0.15) is 29.2 Å². The molecule has 3 N–H and O–H groups in total. The lowest BCUT2D eigenvalue weighted by Gasteiger charge is -2.27. The van der Waals surface area contributed by atoms with Gasteiger partial charge in [0.15, 0.2) is 0 Å². The van der Waals surface area contributed by atoms with E-state index in [4.69, 9.17) is 15.6 Å². The molecule has 0 radical (unpaired) electrons. The number of benzene rings is 3. The topological polar surface area (TPSA) is 89.6 Å². The van der Waals surface area contributed by atoms with Crippen LogP contribution in [0.3, 0.4) is 0 Å². The lowest BCUT2D eigenvalue weighted by atomic mass is 10.2. The van der Waals surface area contributed by atoms with Crippen LogP contribution in [0.4, 0.5) is 0 Å². The second-order valence-corrected chi connectivity index (χ2v) is 12.3. The molecule has 0 spiro atoms. The Hall–Kier alpha value is -2.53. The van der Waals surface area contributed by atoms with Gasteiger partial charge in [-0.2, -0.15) is 0 Å². The van der Waals surface area contributed by atoms with Gasteiger partial charge in [0.25, 0.3) is 0 Å². The fourth-order valence-electron chi connectivity index (χ4n) is 4.36. The Bertz CT molecular complexity index is 954. The van der Waals surface area contributed by atoms with E-state index in [1.807, 2.05) is 0 Å². The van der Waals surface area contributed by atoms with Crippen molar-refractivity contribution in [3.05, 3.63) is 91.0 Å². The number of hydrogen-bond donors (Lipinski definition) is 2. The summed E-state index contributed by atoms with van der Waals surface area (Å²) in [7, 11) is -1.80. The molecule has 0 bridgehead atoms. The molecule has 0 aliphatic heterocycles. The number of unbranched alkanes of at least 4 members (excludes halogenated alkanes) is 3. The van der Waals surface area contributed by atoms with Crippen molar-refractivity contribution in [2.45, 2.75) is 44.6 Å². The Morgan fingerprint density at radius 3 is 1.64 bits per heavy atom. The third-order valence-electron chi connectivity index (χ3n) is 6.20. The third kappa shape index (κ3) is 8.26. The Balaban J connectivity index is 0.00000456. The zero-order valence-electron chi connectivity index (χ0n) is 20.5. The van der Waals surface area contributed by atoms with Gasteiger partial charge in [0.2, 0.25) is 0 Å². The monoisotopic (exact) mass is 571 g/mol. The van der Waals surface area contributed by atoms with E-state index in [0.717, 1.165) is 31.8 Å². The van der Waals surface area contributed by atoms with E-state index in [-0.39, 0.29) is 29.8 Å². The van der Waals surface area contributed by atoms with Gasteiger partial charge in [-0.3, -0.25) is 9.59 Å². The van der Waals surface area contributed by atoms with E-state index in [0.29, 0.717) is 6.61 Å². The molecule has 0 amide bonds.